The number of Topliss-reactive ketones (excluding diaryl/α,β-unsaturated/α-hetero) is 1. The molecule has 1 N–H and O–H groups in total. The maximum Gasteiger partial charge on any atom is 0.296 e. The van der Waals surface area contributed by atoms with Crippen LogP contribution in [0.4, 0.5) is 0 Å². The zero-order valence-electron chi connectivity index (χ0n) is 19.2. The Kier molecular flexibility index (Phi) is 6.39. The number of methoxy groups -OCH3 is 2. The average Bonchev–Trinajstić information content (AvgIpc) is 3.34. The average molecular weight is 482 g/mol. The van der Waals surface area contributed by atoms with E-state index in [0.717, 1.165) is 11.1 Å². The second kappa shape index (κ2) is 9.27. The predicted molar refractivity (Wildman–Crippen MR) is 127 cm³/mol. The van der Waals surface area contributed by atoms with Crippen molar-refractivity contribution in [2.75, 3.05) is 14.2 Å². The topological polar surface area (TPSA) is 89.2 Å². The first-order valence-electron chi connectivity index (χ1n) is 10.6. The van der Waals surface area contributed by atoms with Crippen LogP contribution in [0.25, 0.3) is 5.76 Å². The zero-order valence-corrected chi connectivity index (χ0v) is 20.0. The molecule has 1 unspecified atom stereocenters. The van der Waals surface area contributed by atoms with E-state index >= 15 is 0 Å². The molecule has 1 amide bonds. The number of amides is 1. The molecule has 1 atom stereocenters. The molecular weight excluding hydrogens is 458 g/mol. The molecule has 0 spiro atoms. The molecule has 34 heavy (non-hydrogen) atoms. The number of aliphatic hydroxyl groups is 1. The van der Waals surface area contributed by atoms with E-state index in [1.165, 1.54) is 12.0 Å². The highest BCUT2D eigenvalue weighted by Gasteiger charge is 2.48. The molecule has 1 saturated heterocycles. The molecule has 4 rings (SSSR count). The van der Waals surface area contributed by atoms with Gasteiger partial charge in [-0.1, -0.05) is 23.7 Å². The lowest BCUT2D eigenvalue weighted by Crippen LogP contribution is -2.29. The molecule has 1 fully saturated rings. The van der Waals surface area contributed by atoms with Crippen molar-refractivity contribution < 1.29 is 28.6 Å². The first-order valence-corrected chi connectivity index (χ1v) is 10.9. The first kappa shape index (κ1) is 23.4. The Morgan fingerprint density at radius 1 is 1.09 bits per heavy atom. The van der Waals surface area contributed by atoms with Gasteiger partial charge in [-0.2, -0.15) is 0 Å². The SMILES string of the molecule is COc1cccc(CN2C(=O)C(=O)/C(=C(/O)c3cc(C)cc(Cl)c3OC)C2c2ccc(C)o2)c1. The third-order valence-electron chi connectivity index (χ3n) is 5.70. The zero-order chi connectivity index (χ0) is 24.6. The number of hydrogen-bond acceptors (Lipinski definition) is 6. The number of aryl methyl sites for hydroxylation is 2. The molecule has 0 saturated carbocycles. The number of rotatable bonds is 6. The molecule has 0 bridgehead atoms. The summed E-state index contributed by atoms with van der Waals surface area (Å²) >= 11 is 6.32. The summed E-state index contributed by atoms with van der Waals surface area (Å²) in [5.41, 5.74) is 1.64. The van der Waals surface area contributed by atoms with Crippen LogP contribution in [0.2, 0.25) is 5.02 Å². The minimum absolute atomic E-state index is 0.0952. The maximum atomic E-state index is 13.3. The number of carbonyl (C=O) groups excluding carboxylic acids is 2. The van der Waals surface area contributed by atoms with Crippen LogP contribution in [0.3, 0.4) is 0 Å². The molecule has 1 aromatic heterocycles. The van der Waals surface area contributed by atoms with E-state index in [2.05, 4.69) is 0 Å². The van der Waals surface area contributed by atoms with Gasteiger partial charge in [-0.25, -0.2) is 0 Å². The molecule has 7 nitrogen and oxygen atoms in total. The highest BCUT2D eigenvalue weighted by Crippen LogP contribution is 2.43. The summed E-state index contributed by atoms with van der Waals surface area (Å²) in [4.78, 5) is 27.8. The van der Waals surface area contributed by atoms with E-state index in [-0.39, 0.29) is 34.2 Å². The number of benzene rings is 2. The van der Waals surface area contributed by atoms with Crippen LogP contribution in [0.1, 0.15) is 34.3 Å². The molecule has 2 aromatic carbocycles. The lowest BCUT2D eigenvalue weighted by atomic mass is 9.97. The third kappa shape index (κ3) is 4.15. The first-order chi connectivity index (χ1) is 16.2. The summed E-state index contributed by atoms with van der Waals surface area (Å²) in [6.45, 7) is 3.67. The van der Waals surface area contributed by atoms with Gasteiger partial charge in [-0.05, 0) is 61.4 Å². The summed E-state index contributed by atoms with van der Waals surface area (Å²) in [5, 5.41) is 11.6. The van der Waals surface area contributed by atoms with Gasteiger partial charge < -0.3 is 23.9 Å². The Morgan fingerprint density at radius 2 is 1.85 bits per heavy atom. The number of nitrogens with zero attached hydrogens (tertiary/aromatic N) is 1. The van der Waals surface area contributed by atoms with Crippen LogP contribution in [-0.2, 0) is 16.1 Å². The third-order valence-corrected chi connectivity index (χ3v) is 5.99. The van der Waals surface area contributed by atoms with Crippen molar-refractivity contribution in [2.24, 2.45) is 0 Å². The van der Waals surface area contributed by atoms with E-state index in [1.54, 1.807) is 63.4 Å². The Labute approximate surface area is 202 Å². The summed E-state index contributed by atoms with van der Waals surface area (Å²) in [6.07, 6.45) is 0. The molecule has 1 aliphatic heterocycles. The largest absolute Gasteiger partial charge is 0.507 e. The van der Waals surface area contributed by atoms with Gasteiger partial charge in [0, 0.05) is 6.54 Å². The highest BCUT2D eigenvalue weighted by molar-refractivity contribution is 6.46. The summed E-state index contributed by atoms with van der Waals surface area (Å²) in [5.74, 6) is -0.151. The van der Waals surface area contributed by atoms with E-state index in [0.29, 0.717) is 17.3 Å². The lowest BCUT2D eigenvalue weighted by molar-refractivity contribution is -0.140. The molecule has 0 radical (unpaired) electrons. The predicted octanol–water partition coefficient (Wildman–Crippen LogP) is 5.19. The van der Waals surface area contributed by atoms with E-state index in [9.17, 15) is 14.7 Å². The summed E-state index contributed by atoms with van der Waals surface area (Å²) in [6, 6.07) is 13.0. The second-order valence-corrected chi connectivity index (χ2v) is 8.46. The molecule has 176 valence electrons. The second-order valence-electron chi connectivity index (χ2n) is 8.05. The Hall–Kier alpha value is -3.71. The molecule has 2 heterocycles. The highest BCUT2D eigenvalue weighted by atomic mass is 35.5. The molecule has 0 aliphatic carbocycles. The smallest absolute Gasteiger partial charge is 0.296 e. The quantitative estimate of drug-likeness (QED) is 0.296. The van der Waals surface area contributed by atoms with E-state index in [4.69, 9.17) is 25.5 Å². The number of carbonyl (C=O) groups is 2. The van der Waals surface area contributed by atoms with Crippen LogP contribution in [0.15, 0.2) is 58.5 Å². The van der Waals surface area contributed by atoms with Gasteiger partial charge in [0.25, 0.3) is 11.7 Å². The van der Waals surface area contributed by atoms with Crippen LogP contribution in [-0.4, -0.2) is 35.9 Å². The lowest BCUT2D eigenvalue weighted by Gasteiger charge is -2.24. The molecular formula is C26H24ClNO6. The Morgan fingerprint density at radius 3 is 2.50 bits per heavy atom. The van der Waals surface area contributed by atoms with Gasteiger partial charge in [-0.15, -0.1) is 0 Å². The van der Waals surface area contributed by atoms with Crippen molar-refractivity contribution in [3.05, 3.63) is 87.3 Å². The van der Waals surface area contributed by atoms with Crippen molar-refractivity contribution in [1.29, 1.82) is 0 Å². The molecule has 8 heteroatoms. The fourth-order valence-corrected chi connectivity index (χ4v) is 4.52. The maximum absolute atomic E-state index is 13.3. The van der Waals surface area contributed by atoms with Crippen LogP contribution in [0.5, 0.6) is 11.5 Å². The standard InChI is InChI=1S/C26H24ClNO6/c1-14-10-18(25(33-4)19(27)11-14)23(29)21-22(20-9-8-15(2)34-20)28(26(31)24(21)30)13-16-6-5-7-17(12-16)32-3/h5-12,22,29H,13H2,1-4H3/b23-21+. The number of aliphatic hydroxyl groups excluding tert-OH is 1. The number of ether oxygens (including phenoxy) is 2. The van der Waals surface area contributed by atoms with Crippen molar-refractivity contribution in [2.45, 2.75) is 26.4 Å². The Bertz CT molecular complexity index is 1310. The van der Waals surface area contributed by atoms with Crippen LogP contribution < -0.4 is 9.47 Å². The van der Waals surface area contributed by atoms with Gasteiger partial charge in [0.1, 0.15) is 34.8 Å². The summed E-state index contributed by atoms with van der Waals surface area (Å²) in [7, 11) is 2.97. The van der Waals surface area contributed by atoms with Gasteiger partial charge in [0.05, 0.1) is 30.4 Å². The van der Waals surface area contributed by atoms with Crippen molar-refractivity contribution >= 4 is 29.1 Å². The molecule has 3 aromatic rings. The summed E-state index contributed by atoms with van der Waals surface area (Å²) < 4.78 is 16.5. The number of halogens is 1. The fraction of sp³-hybridized carbons (Fsp3) is 0.231. The van der Waals surface area contributed by atoms with Gasteiger partial charge in [0.15, 0.2) is 0 Å². The number of furan rings is 1. The minimum atomic E-state index is -0.941. The van der Waals surface area contributed by atoms with E-state index in [1.807, 2.05) is 6.07 Å². The number of hydrogen-bond donors (Lipinski definition) is 1. The van der Waals surface area contributed by atoms with Gasteiger partial charge in [-0.3, -0.25) is 9.59 Å². The van der Waals surface area contributed by atoms with Crippen LogP contribution >= 0.6 is 11.6 Å². The normalized spacial score (nSPS) is 17.3. The number of likely N-dealkylation sites (tertiary alicyclic amines) is 1. The minimum Gasteiger partial charge on any atom is -0.507 e. The van der Waals surface area contributed by atoms with Crippen molar-refractivity contribution in [3.8, 4) is 11.5 Å². The van der Waals surface area contributed by atoms with Crippen molar-refractivity contribution in [3.63, 3.8) is 0 Å². The number of ketones is 1. The van der Waals surface area contributed by atoms with E-state index < -0.39 is 17.7 Å². The fourth-order valence-electron chi connectivity index (χ4n) is 4.16. The monoisotopic (exact) mass is 481 g/mol. The van der Waals surface area contributed by atoms with Gasteiger partial charge in [0.2, 0.25) is 0 Å². The van der Waals surface area contributed by atoms with Gasteiger partial charge >= 0.3 is 0 Å². The molecule has 1 aliphatic rings. The Balaban J connectivity index is 1.90. The van der Waals surface area contributed by atoms with Crippen molar-refractivity contribution in [1.82, 2.24) is 4.90 Å². The van der Waals surface area contributed by atoms with Crippen LogP contribution in [0, 0.1) is 13.8 Å².